The molecule has 0 aliphatic carbocycles. The molecule has 2 aromatic carbocycles. The molecule has 0 amide bonds. The van der Waals surface area contributed by atoms with E-state index in [1.165, 1.54) is 6.08 Å². The first-order chi connectivity index (χ1) is 10.2. The Bertz CT molecular complexity index is 628. The summed E-state index contributed by atoms with van der Waals surface area (Å²) in [6.45, 7) is 0.262. The Morgan fingerprint density at radius 2 is 1.62 bits per heavy atom. The van der Waals surface area contributed by atoms with Crippen LogP contribution in [0, 0.1) is 0 Å². The average Bonchev–Trinajstić information content (AvgIpc) is 2.52. The smallest absolute Gasteiger partial charge is 0.331 e. The van der Waals surface area contributed by atoms with E-state index in [0.29, 0.717) is 0 Å². The van der Waals surface area contributed by atoms with Crippen molar-refractivity contribution in [2.45, 2.75) is 0 Å². The highest BCUT2D eigenvalue weighted by Gasteiger charge is 1.95. The Morgan fingerprint density at radius 1 is 0.952 bits per heavy atom. The lowest BCUT2D eigenvalue weighted by Gasteiger charge is -1.97. The maximum atomic E-state index is 11.5. The van der Waals surface area contributed by atoms with Crippen LogP contribution in [0.15, 0.2) is 71.2 Å². The number of rotatable bonds is 5. The third-order valence-corrected chi connectivity index (χ3v) is 3.24. The number of hydrogen-bond donors (Lipinski definition) is 0. The molecule has 0 unspecified atom stereocenters. The molecular weight excluding hydrogens is 328 g/mol. The van der Waals surface area contributed by atoms with Crippen LogP contribution < -0.4 is 0 Å². The zero-order valence-corrected chi connectivity index (χ0v) is 13.0. The van der Waals surface area contributed by atoms with Crippen LogP contribution in [0.4, 0.5) is 0 Å². The van der Waals surface area contributed by atoms with Gasteiger partial charge in [0.1, 0.15) is 6.61 Å². The molecule has 3 heteroatoms. The second-order valence-corrected chi connectivity index (χ2v) is 5.24. The van der Waals surface area contributed by atoms with Crippen molar-refractivity contribution >= 4 is 34.1 Å². The Balaban J connectivity index is 1.77. The minimum atomic E-state index is -0.351. The van der Waals surface area contributed by atoms with Gasteiger partial charge in [0.05, 0.1) is 0 Å². The van der Waals surface area contributed by atoms with Gasteiger partial charge in [-0.05, 0) is 35.4 Å². The highest BCUT2D eigenvalue weighted by atomic mass is 79.9. The molecule has 0 spiro atoms. The lowest BCUT2D eigenvalue weighted by atomic mass is 10.2. The number of carbonyl (C=O) groups is 1. The van der Waals surface area contributed by atoms with Gasteiger partial charge in [-0.3, -0.25) is 0 Å². The molecule has 0 saturated carbocycles. The van der Waals surface area contributed by atoms with Crippen LogP contribution >= 0.6 is 15.9 Å². The molecule has 2 aromatic rings. The quantitative estimate of drug-likeness (QED) is 0.580. The second kappa shape index (κ2) is 8.22. The molecule has 0 radical (unpaired) electrons. The summed E-state index contributed by atoms with van der Waals surface area (Å²) in [5.74, 6) is -0.351. The summed E-state index contributed by atoms with van der Waals surface area (Å²) in [5.41, 5.74) is 2.04. The molecule has 0 saturated heterocycles. The van der Waals surface area contributed by atoms with Gasteiger partial charge in [0, 0.05) is 10.5 Å². The van der Waals surface area contributed by atoms with Crippen LogP contribution in [0.5, 0.6) is 0 Å². The van der Waals surface area contributed by atoms with Crippen molar-refractivity contribution < 1.29 is 9.53 Å². The van der Waals surface area contributed by atoms with Gasteiger partial charge in [0.15, 0.2) is 0 Å². The monoisotopic (exact) mass is 342 g/mol. The summed E-state index contributed by atoms with van der Waals surface area (Å²) in [4.78, 5) is 11.5. The molecule has 0 atom stereocenters. The Hall–Kier alpha value is -2.13. The molecule has 0 fully saturated rings. The molecule has 2 rings (SSSR count). The number of esters is 1. The summed E-state index contributed by atoms with van der Waals surface area (Å²) < 4.78 is 6.10. The predicted molar refractivity (Wildman–Crippen MR) is 89.6 cm³/mol. The minimum absolute atomic E-state index is 0.262. The molecular formula is C18H15BrO2. The van der Waals surface area contributed by atoms with Crippen molar-refractivity contribution in [3.05, 3.63) is 82.3 Å². The Morgan fingerprint density at radius 3 is 2.33 bits per heavy atom. The van der Waals surface area contributed by atoms with Gasteiger partial charge >= 0.3 is 5.97 Å². The predicted octanol–water partition coefficient (Wildman–Crippen LogP) is 4.72. The number of hydrogen-bond acceptors (Lipinski definition) is 2. The summed E-state index contributed by atoms with van der Waals surface area (Å²) in [5, 5.41) is 0. The number of benzene rings is 2. The maximum Gasteiger partial charge on any atom is 0.331 e. The van der Waals surface area contributed by atoms with Gasteiger partial charge < -0.3 is 4.74 Å². The van der Waals surface area contributed by atoms with Crippen molar-refractivity contribution in [3.63, 3.8) is 0 Å². The first kappa shape index (κ1) is 15.3. The fourth-order valence-electron chi connectivity index (χ4n) is 1.66. The van der Waals surface area contributed by atoms with E-state index in [2.05, 4.69) is 15.9 Å². The van der Waals surface area contributed by atoms with E-state index in [-0.39, 0.29) is 12.6 Å². The average molecular weight is 343 g/mol. The van der Waals surface area contributed by atoms with E-state index < -0.39 is 0 Å². The summed E-state index contributed by atoms with van der Waals surface area (Å²) in [6.07, 6.45) is 6.90. The van der Waals surface area contributed by atoms with Crippen molar-refractivity contribution in [2.75, 3.05) is 6.61 Å². The van der Waals surface area contributed by atoms with Crippen molar-refractivity contribution in [1.29, 1.82) is 0 Å². The summed E-state index contributed by atoms with van der Waals surface area (Å²) in [6, 6.07) is 17.6. The minimum Gasteiger partial charge on any atom is -0.458 e. The van der Waals surface area contributed by atoms with Crippen molar-refractivity contribution in [3.8, 4) is 0 Å². The highest BCUT2D eigenvalue weighted by Crippen LogP contribution is 2.11. The Labute approximate surface area is 132 Å². The van der Waals surface area contributed by atoms with Crippen molar-refractivity contribution in [2.24, 2.45) is 0 Å². The lowest BCUT2D eigenvalue weighted by Crippen LogP contribution is -1.99. The number of halogens is 1. The van der Waals surface area contributed by atoms with Gasteiger partial charge in [-0.15, -0.1) is 0 Å². The van der Waals surface area contributed by atoms with E-state index >= 15 is 0 Å². The molecule has 0 aliphatic rings. The number of carbonyl (C=O) groups excluding carboxylic acids is 1. The molecule has 21 heavy (non-hydrogen) atoms. The van der Waals surface area contributed by atoms with Gasteiger partial charge in [-0.2, -0.15) is 0 Å². The molecule has 2 nitrogen and oxygen atoms in total. The molecule has 0 N–H and O–H groups in total. The van der Waals surface area contributed by atoms with Gasteiger partial charge in [-0.1, -0.05) is 64.5 Å². The van der Waals surface area contributed by atoms with Gasteiger partial charge in [-0.25, -0.2) is 4.79 Å². The highest BCUT2D eigenvalue weighted by molar-refractivity contribution is 9.10. The summed E-state index contributed by atoms with van der Waals surface area (Å²) in [7, 11) is 0. The topological polar surface area (TPSA) is 26.3 Å². The van der Waals surface area contributed by atoms with Crippen LogP contribution in [0.3, 0.4) is 0 Å². The first-order valence-electron chi connectivity index (χ1n) is 6.56. The van der Waals surface area contributed by atoms with Gasteiger partial charge in [0.2, 0.25) is 0 Å². The summed E-state index contributed by atoms with van der Waals surface area (Å²) >= 11 is 3.36. The first-order valence-corrected chi connectivity index (χ1v) is 7.35. The molecule has 0 bridgehead atoms. The van der Waals surface area contributed by atoms with E-state index in [1.807, 2.05) is 66.7 Å². The lowest BCUT2D eigenvalue weighted by molar-refractivity contribution is -0.136. The van der Waals surface area contributed by atoms with E-state index in [0.717, 1.165) is 15.6 Å². The third kappa shape index (κ3) is 5.79. The standard InChI is InChI=1S/C18H15BrO2/c19-17-11-8-16(9-12-17)10-13-18(20)21-14-4-7-15-5-2-1-3-6-15/h1-13H,14H2/b7-4+,13-10+. The van der Waals surface area contributed by atoms with Crippen LogP contribution in [-0.2, 0) is 9.53 Å². The zero-order valence-electron chi connectivity index (χ0n) is 11.4. The fraction of sp³-hybridized carbons (Fsp3) is 0.0556. The van der Waals surface area contributed by atoms with Crippen LogP contribution in [0.25, 0.3) is 12.2 Å². The SMILES string of the molecule is O=C(/C=C/c1ccc(Br)cc1)OC/C=C/c1ccccc1. The van der Waals surface area contributed by atoms with Crippen LogP contribution in [-0.4, -0.2) is 12.6 Å². The van der Waals surface area contributed by atoms with Crippen LogP contribution in [0.1, 0.15) is 11.1 Å². The molecule has 0 aromatic heterocycles. The van der Waals surface area contributed by atoms with Gasteiger partial charge in [0.25, 0.3) is 0 Å². The van der Waals surface area contributed by atoms with E-state index in [9.17, 15) is 4.79 Å². The second-order valence-electron chi connectivity index (χ2n) is 4.33. The molecule has 0 heterocycles. The third-order valence-electron chi connectivity index (χ3n) is 2.71. The fourth-order valence-corrected chi connectivity index (χ4v) is 1.93. The zero-order chi connectivity index (χ0) is 14.9. The molecule has 0 aliphatic heterocycles. The Kier molecular flexibility index (Phi) is 5.98. The normalized spacial score (nSPS) is 11.1. The van der Waals surface area contributed by atoms with E-state index in [4.69, 9.17) is 4.74 Å². The van der Waals surface area contributed by atoms with Crippen molar-refractivity contribution in [1.82, 2.24) is 0 Å². The molecule has 106 valence electrons. The van der Waals surface area contributed by atoms with E-state index in [1.54, 1.807) is 6.08 Å². The van der Waals surface area contributed by atoms with Crippen LogP contribution in [0.2, 0.25) is 0 Å². The largest absolute Gasteiger partial charge is 0.458 e. The maximum absolute atomic E-state index is 11.5. The number of ether oxygens (including phenoxy) is 1.